The van der Waals surface area contributed by atoms with Gasteiger partial charge in [0.2, 0.25) is 0 Å². The second kappa shape index (κ2) is 6.40. The summed E-state index contributed by atoms with van der Waals surface area (Å²) >= 11 is 0. The van der Waals surface area contributed by atoms with Crippen molar-refractivity contribution in [3.63, 3.8) is 0 Å². The number of nitrogens with zero attached hydrogens (tertiary/aromatic N) is 1. The molecule has 3 heteroatoms. The molecule has 0 aromatic carbocycles. The molecule has 0 unspecified atom stereocenters. The van der Waals surface area contributed by atoms with Gasteiger partial charge in [0.15, 0.2) is 0 Å². The van der Waals surface area contributed by atoms with Crippen molar-refractivity contribution in [3.8, 4) is 0 Å². The van der Waals surface area contributed by atoms with Crippen LogP contribution in [0.3, 0.4) is 0 Å². The van der Waals surface area contributed by atoms with Crippen LogP contribution in [0.15, 0.2) is 0 Å². The first kappa shape index (κ1) is 9.96. The first-order chi connectivity index (χ1) is 5.93. The van der Waals surface area contributed by atoms with Gasteiger partial charge in [-0.3, -0.25) is 4.90 Å². The molecular formula is C9H18NO2. The average molecular weight is 172 g/mol. The molecule has 1 aliphatic heterocycles. The Morgan fingerprint density at radius 3 is 2.58 bits per heavy atom. The summed E-state index contributed by atoms with van der Waals surface area (Å²) < 4.78 is 5.41. The summed E-state index contributed by atoms with van der Waals surface area (Å²) in [5.74, 6) is 0. The Bertz CT molecular complexity index is 103. The van der Waals surface area contributed by atoms with Crippen LogP contribution in [0.1, 0.15) is 25.7 Å². The monoisotopic (exact) mass is 172 g/mol. The van der Waals surface area contributed by atoms with Crippen LogP contribution in [0, 0.1) is 0 Å². The molecule has 1 fully saturated rings. The Labute approximate surface area is 74.3 Å². The SMILES string of the molecule is [O]CCCCOCN1CCCC1. The van der Waals surface area contributed by atoms with Gasteiger partial charge < -0.3 is 4.74 Å². The van der Waals surface area contributed by atoms with Crippen molar-refractivity contribution in [2.75, 3.05) is 33.0 Å². The highest BCUT2D eigenvalue weighted by atomic mass is 16.5. The van der Waals surface area contributed by atoms with Gasteiger partial charge in [0.05, 0.1) is 13.3 Å². The summed E-state index contributed by atoms with van der Waals surface area (Å²) in [5.41, 5.74) is 0. The largest absolute Gasteiger partial charge is 0.366 e. The van der Waals surface area contributed by atoms with Crippen molar-refractivity contribution in [2.45, 2.75) is 25.7 Å². The van der Waals surface area contributed by atoms with Crippen molar-refractivity contribution < 1.29 is 9.84 Å². The summed E-state index contributed by atoms with van der Waals surface area (Å²) in [7, 11) is 0. The Kier molecular flexibility index (Phi) is 5.32. The molecule has 1 heterocycles. The molecule has 1 rings (SSSR count). The smallest absolute Gasteiger partial charge is 0.0990 e. The van der Waals surface area contributed by atoms with Gasteiger partial charge >= 0.3 is 0 Å². The number of ether oxygens (including phenoxy) is 1. The van der Waals surface area contributed by atoms with E-state index in [1.165, 1.54) is 25.9 Å². The van der Waals surface area contributed by atoms with Crippen LogP contribution in [0.4, 0.5) is 0 Å². The van der Waals surface area contributed by atoms with Gasteiger partial charge in [-0.25, -0.2) is 5.11 Å². The van der Waals surface area contributed by atoms with Crippen LogP contribution in [0.25, 0.3) is 0 Å². The molecule has 0 aromatic rings. The number of hydrogen-bond acceptors (Lipinski definition) is 2. The number of unbranched alkanes of at least 4 members (excludes halogenated alkanes) is 1. The zero-order chi connectivity index (χ0) is 8.65. The van der Waals surface area contributed by atoms with Gasteiger partial charge in [-0.15, -0.1) is 0 Å². The first-order valence-corrected chi connectivity index (χ1v) is 4.81. The van der Waals surface area contributed by atoms with Crippen molar-refractivity contribution >= 4 is 0 Å². The summed E-state index contributed by atoms with van der Waals surface area (Å²) in [6.45, 7) is 3.91. The highest BCUT2D eigenvalue weighted by Crippen LogP contribution is 2.06. The van der Waals surface area contributed by atoms with E-state index in [4.69, 9.17) is 4.74 Å². The Hall–Kier alpha value is -0.120. The summed E-state index contributed by atoms with van der Waals surface area (Å²) in [6.07, 6.45) is 4.28. The number of hydrogen-bond donors (Lipinski definition) is 0. The lowest BCUT2D eigenvalue weighted by atomic mass is 10.3. The summed E-state index contributed by atoms with van der Waals surface area (Å²) in [6, 6.07) is 0. The molecule has 0 bridgehead atoms. The fourth-order valence-electron chi connectivity index (χ4n) is 1.41. The van der Waals surface area contributed by atoms with E-state index in [1.807, 2.05) is 0 Å². The van der Waals surface area contributed by atoms with Crippen LogP contribution in [-0.4, -0.2) is 37.9 Å². The third kappa shape index (κ3) is 4.04. The summed E-state index contributed by atoms with van der Waals surface area (Å²) in [5, 5.41) is 10.1. The predicted molar refractivity (Wildman–Crippen MR) is 46.4 cm³/mol. The maximum Gasteiger partial charge on any atom is 0.0990 e. The van der Waals surface area contributed by atoms with Gasteiger partial charge in [0, 0.05) is 19.7 Å². The molecule has 0 spiro atoms. The molecule has 0 aliphatic carbocycles. The van der Waals surface area contributed by atoms with E-state index >= 15 is 0 Å². The molecule has 0 aromatic heterocycles. The second-order valence-corrected chi connectivity index (χ2v) is 3.27. The van der Waals surface area contributed by atoms with Gasteiger partial charge in [0.1, 0.15) is 0 Å². The van der Waals surface area contributed by atoms with E-state index in [9.17, 15) is 5.11 Å². The number of likely N-dealkylation sites (tertiary alicyclic amines) is 1. The maximum absolute atomic E-state index is 10.1. The van der Waals surface area contributed by atoms with Gasteiger partial charge in [-0.1, -0.05) is 0 Å². The van der Waals surface area contributed by atoms with Crippen LogP contribution >= 0.6 is 0 Å². The van der Waals surface area contributed by atoms with E-state index in [0.717, 1.165) is 26.2 Å². The zero-order valence-corrected chi connectivity index (χ0v) is 7.63. The van der Waals surface area contributed by atoms with Gasteiger partial charge in [-0.05, 0) is 25.7 Å². The molecule has 0 N–H and O–H groups in total. The second-order valence-electron chi connectivity index (χ2n) is 3.27. The lowest BCUT2D eigenvalue weighted by Crippen LogP contribution is -2.22. The third-order valence-corrected chi connectivity index (χ3v) is 2.16. The Balaban J connectivity index is 1.81. The van der Waals surface area contributed by atoms with E-state index in [-0.39, 0.29) is 6.61 Å². The molecule has 1 aliphatic rings. The quantitative estimate of drug-likeness (QED) is 0.565. The predicted octanol–water partition coefficient (Wildman–Crippen LogP) is 1.27. The van der Waals surface area contributed by atoms with Crippen LogP contribution in [-0.2, 0) is 9.84 Å². The minimum atomic E-state index is 0.0348. The lowest BCUT2D eigenvalue weighted by molar-refractivity contribution is 0.0367. The number of rotatable bonds is 6. The molecule has 0 amide bonds. The Morgan fingerprint density at radius 2 is 1.92 bits per heavy atom. The van der Waals surface area contributed by atoms with Crippen molar-refractivity contribution in [3.05, 3.63) is 0 Å². The van der Waals surface area contributed by atoms with Gasteiger partial charge in [-0.2, -0.15) is 0 Å². The molecule has 3 nitrogen and oxygen atoms in total. The normalized spacial score (nSPS) is 18.8. The molecule has 0 saturated carbocycles. The molecular weight excluding hydrogens is 154 g/mol. The highest BCUT2D eigenvalue weighted by Gasteiger charge is 2.10. The molecule has 12 heavy (non-hydrogen) atoms. The topological polar surface area (TPSA) is 32.4 Å². The summed E-state index contributed by atoms with van der Waals surface area (Å²) in [4.78, 5) is 2.32. The average Bonchev–Trinajstić information content (AvgIpc) is 2.57. The van der Waals surface area contributed by atoms with Crippen molar-refractivity contribution in [1.82, 2.24) is 4.90 Å². The minimum absolute atomic E-state index is 0.0348. The zero-order valence-electron chi connectivity index (χ0n) is 7.63. The van der Waals surface area contributed by atoms with E-state index < -0.39 is 0 Å². The van der Waals surface area contributed by atoms with E-state index in [1.54, 1.807) is 0 Å². The molecule has 0 atom stereocenters. The van der Waals surface area contributed by atoms with Gasteiger partial charge in [0.25, 0.3) is 0 Å². The first-order valence-electron chi connectivity index (χ1n) is 4.81. The maximum atomic E-state index is 10.1. The molecule has 71 valence electrons. The van der Waals surface area contributed by atoms with Crippen molar-refractivity contribution in [1.29, 1.82) is 0 Å². The fraction of sp³-hybridized carbons (Fsp3) is 1.00. The lowest BCUT2D eigenvalue weighted by Gasteiger charge is -2.14. The van der Waals surface area contributed by atoms with Crippen molar-refractivity contribution in [2.24, 2.45) is 0 Å². The van der Waals surface area contributed by atoms with Crippen LogP contribution in [0.2, 0.25) is 0 Å². The van der Waals surface area contributed by atoms with E-state index in [2.05, 4.69) is 4.90 Å². The Morgan fingerprint density at radius 1 is 1.17 bits per heavy atom. The van der Waals surface area contributed by atoms with Crippen LogP contribution in [0.5, 0.6) is 0 Å². The fourth-order valence-corrected chi connectivity index (χ4v) is 1.41. The highest BCUT2D eigenvalue weighted by molar-refractivity contribution is 4.61. The molecule has 1 radical (unpaired) electrons. The third-order valence-electron chi connectivity index (χ3n) is 2.16. The van der Waals surface area contributed by atoms with Crippen LogP contribution < -0.4 is 0 Å². The standard InChI is InChI=1S/C9H18NO2/c11-7-3-4-8-12-9-10-5-1-2-6-10/h1-9H2. The molecule has 1 saturated heterocycles. The minimum Gasteiger partial charge on any atom is -0.366 e. The van der Waals surface area contributed by atoms with E-state index in [0.29, 0.717) is 0 Å².